The van der Waals surface area contributed by atoms with Crippen LogP contribution in [0.2, 0.25) is 0 Å². The summed E-state index contributed by atoms with van der Waals surface area (Å²) in [7, 11) is 0. The molecule has 1 aromatic carbocycles. The van der Waals surface area contributed by atoms with Gasteiger partial charge >= 0.3 is 0 Å². The molecule has 3 aromatic rings. The van der Waals surface area contributed by atoms with E-state index in [4.69, 9.17) is 4.99 Å². The van der Waals surface area contributed by atoms with Crippen molar-refractivity contribution in [2.75, 3.05) is 0 Å². The van der Waals surface area contributed by atoms with E-state index < -0.39 is 0 Å². The summed E-state index contributed by atoms with van der Waals surface area (Å²) in [5.41, 5.74) is 4.48. The molecule has 3 heterocycles. The lowest BCUT2D eigenvalue weighted by Gasteiger charge is -1.87. The van der Waals surface area contributed by atoms with Crippen LogP contribution < -0.4 is 21.3 Å². The number of hydrogen-bond donors (Lipinski definition) is 2. The number of fused-ring (bicyclic) bond motifs is 1. The molecule has 0 aliphatic carbocycles. The fourth-order valence-corrected chi connectivity index (χ4v) is 2.79. The van der Waals surface area contributed by atoms with Crippen LogP contribution in [-0.4, -0.2) is 9.97 Å². The van der Waals surface area contributed by atoms with Crippen LogP contribution in [0.1, 0.15) is 17.0 Å². The van der Waals surface area contributed by atoms with Crippen LogP contribution >= 0.6 is 0 Å². The van der Waals surface area contributed by atoms with Gasteiger partial charge < -0.3 is 9.97 Å². The fraction of sp³-hybridized carbons (Fsp3) is 0.105. The Kier molecular flexibility index (Phi) is 2.86. The molecule has 0 saturated carbocycles. The number of benzene rings is 1. The van der Waals surface area contributed by atoms with Gasteiger partial charge in [-0.05, 0) is 55.8 Å². The lowest BCUT2D eigenvalue weighted by atomic mass is 10.2. The number of aryl methyl sites for hydroxylation is 2. The first-order chi connectivity index (χ1) is 10.7. The van der Waals surface area contributed by atoms with Crippen molar-refractivity contribution in [2.45, 2.75) is 13.8 Å². The minimum absolute atomic E-state index is 0.992. The van der Waals surface area contributed by atoms with Crippen molar-refractivity contribution in [3.05, 3.63) is 80.7 Å². The van der Waals surface area contributed by atoms with Crippen LogP contribution in [-0.2, 0) is 0 Å². The number of rotatable bonds is 1. The van der Waals surface area contributed by atoms with E-state index in [1.165, 1.54) is 16.5 Å². The van der Waals surface area contributed by atoms with E-state index in [1.54, 1.807) is 0 Å². The maximum absolute atomic E-state index is 4.70. The molecule has 0 fully saturated rings. The maximum atomic E-state index is 4.70. The third kappa shape index (κ3) is 2.21. The average molecular weight is 287 g/mol. The Morgan fingerprint density at radius 3 is 2.64 bits per heavy atom. The zero-order valence-corrected chi connectivity index (χ0v) is 12.6. The number of para-hydroxylation sites is 1. The van der Waals surface area contributed by atoms with Gasteiger partial charge in [0.2, 0.25) is 0 Å². The summed E-state index contributed by atoms with van der Waals surface area (Å²) >= 11 is 0. The Morgan fingerprint density at radius 2 is 1.86 bits per heavy atom. The van der Waals surface area contributed by atoms with E-state index in [0.29, 0.717) is 0 Å². The average Bonchev–Trinajstić information content (AvgIpc) is 3.19. The first-order valence-corrected chi connectivity index (χ1v) is 7.42. The number of nitrogens with one attached hydrogen (secondary N) is 2. The van der Waals surface area contributed by atoms with E-state index in [9.17, 15) is 0 Å². The molecule has 0 radical (unpaired) electrons. The maximum Gasteiger partial charge on any atom is 0.0878 e. The topological polar surface area (TPSA) is 43.9 Å². The van der Waals surface area contributed by atoms with Gasteiger partial charge in [0.05, 0.1) is 16.4 Å². The molecule has 3 heteroatoms. The smallest absolute Gasteiger partial charge is 0.0878 e. The largest absolute Gasteiger partial charge is 0.359 e. The van der Waals surface area contributed by atoms with Gasteiger partial charge in [0.1, 0.15) is 0 Å². The molecule has 0 spiro atoms. The van der Waals surface area contributed by atoms with Crippen molar-refractivity contribution >= 4 is 17.8 Å². The molecule has 0 bridgehead atoms. The highest BCUT2D eigenvalue weighted by molar-refractivity contribution is 5.76. The SMILES string of the molecule is Cc1ccc(C=c2[nH]c(=C3C=c4ccccc4=N3)cc2C)[nH]1. The van der Waals surface area contributed by atoms with Gasteiger partial charge in [-0.25, -0.2) is 4.99 Å². The van der Waals surface area contributed by atoms with Crippen molar-refractivity contribution in [2.24, 2.45) is 4.99 Å². The highest BCUT2D eigenvalue weighted by Gasteiger charge is 2.03. The quantitative estimate of drug-likeness (QED) is 0.671. The normalized spacial score (nSPS) is 16.4. The molecule has 1 aliphatic heterocycles. The van der Waals surface area contributed by atoms with E-state index in [2.05, 4.69) is 60.2 Å². The van der Waals surface area contributed by atoms with Crippen molar-refractivity contribution < 1.29 is 0 Å². The van der Waals surface area contributed by atoms with Gasteiger partial charge in [-0.1, -0.05) is 18.2 Å². The Morgan fingerprint density at radius 1 is 1.00 bits per heavy atom. The van der Waals surface area contributed by atoms with Crippen molar-refractivity contribution in [3.8, 4) is 0 Å². The molecule has 0 atom stereocenters. The highest BCUT2D eigenvalue weighted by Crippen LogP contribution is 2.02. The van der Waals surface area contributed by atoms with Gasteiger partial charge in [0.25, 0.3) is 0 Å². The van der Waals surface area contributed by atoms with Gasteiger partial charge in [-0.3, -0.25) is 0 Å². The molecule has 22 heavy (non-hydrogen) atoms. The molecule has 1 aliphatic rings. The van der Waals surface area contributed by atoms with Crippen LogP contribution in [0.4, 0.5) is 0 Å². The lowest BCUT2D eigenvalue weighted by molar-refractivity contribution is 1.21. The zero-order chi connectivity index (χ0) is 15.1. The Bertz CT molecular complexity index is 1060. The first-order valence-electron chi connectivity index (χ1n) is 7.42. The number of nitrogens with zero attached hydrogens (tertiary/aromatic N) is 1. The monoisotopic (exact) mass is 287 g/mol. The van der Waals surface area contributed by atoms with Crippen molar-refractivity contribution in [3.63, 3.8) is 0 Å². The van der Waals surface area contributed by atoms with E-state index in [1.807, 2.05) is 18.2 Å². The molecule has 0 saturated heterocycles. The Labute approximate surface area is 128 Å². The highest BCUT2D eigenvalue weighted by atomic mass is 14.8. The van der Waals surface area contributed by atoms with E-state index in [0.717, 1.165) is 27.4 Å². The zero-order valence-electron chi connectivity index (χ0n) is 12.6. The summed E-state index contributed by atoms with van der Waals surface area (Å²) in [4.78, 5) is 11.5. The van der Waals surface area contributed by atoms with Crippen LogP contribution in [0.25, 0.3) is 17.8 Å². The summed E-state index contributed by atoms with van der Waals surface area (Å²) in [6, 6.07) is 14.5. The Balaban J connectivity index is 1.90. The lowest BCUT2D eigenvalue weighted by Crippen LogP contribution is -2.19. The summed E-state index contributed by atoms with van der Waals surface area (Å²) < 4.78 is 0. The number of aromatic amines is 2. The predicted molar refractivity (Wildman–Crippen MR) is 89.0 cm³/mol. The van der Waals surface area contributed by atoms with E-state index in [-0.39, 0.29) is 0 Å². The van der Waals surface area contributed by atoms with Crippen LogP contribution in [0.5, 0.6) is 0 Å². The first kappa shape index (κ1) is 12.9. The van der Waals surface area contributed by atoms with Gasteiger partial charge in [-0.15, -0.1) is 0 Å². The second kappa shape index (κ2) is 4.88. The van der Waals surface area contributed by atoms with Crippen LogP contribution in [0, 0.1) is 13.8 Å². The molecule has 3 nitrogen and oxygen atoms in total. The molecular weight excluding hydrogens is 270 g/mol. The number of H-pyrrole nitrogens is 2. The summed E-state index contributed by atoms with van der Waals surface area (Å²) in [5, 5.41) is 4.39. The minimum atomic E-state index is 0.992. The van der Waals surface area contributed by atoms with Gasteiger partial charge in [0.15, 0.2) is 0 Å². The van der Waals surface area contributed by atoms with Crippen LogP contribution in [0.3, 0.4) is 0 Å². The summed E-state index contributed by atoms with van der Waals surface area (Å²) in [6.45, 7) is 4.17. The molecule has 2 N–H and O–H groups in total. The fourth-order valence-electron chi connectivity index (χ4n) is 2.79. The minimum Gasteiger partial charge on any atom is -0.359 e. The van der Waals surface area contributed by atoms with Crippen molar-refractivity contribution in [1.29, 1.82) is 0 Å². The molecule has 4 rings (SSSR count). The summed E-state index contributed by atoms with van der Waals surface area (Å²) in [5.74, 6) is 0. The second-order valence-corrected chi connectivity index (χ2v) is 5.72. The molecular formula is C19H17N3. The molecule has 0 unspecified atom stereocenters. The third-order valence-electron chi connectivity index (χ3n) is 3.96. The van der Waals surface area contributed by atoms with Crippen LogP contribution in [0.15, 0.2) is 47.5 Å². The molecule has 108 valence electrons. The third-order valence-corrected chi connectivity index (χ3v) is 3.96. The molecule has 2 aromatic heterocycles. The summed E-state index contributed by atoms with van der Waals surface area (Å²) in [6.07, 6.45) is 4.26. The standard InChI is InChI=1S/C19H17N3/c1-12-9-18(19-10-14-5-3-4-6-16(14)21-19)22-17(12)11-15-8-7-13(2)20-15/h3-11,20,22H,1-2H3. The van der Waals surface area contributed by atoms with Gasteiger partial charge in [0, 0.05) is 22.0 Å². The molecule has 0 amide bonds. The van der Waals surface area contributed by atoms with Crippen molar-refractivity contribution in [1.82, 2.24) is 9.97 Å². The van der Waals surface area contributed by atoms with E-state index >= 15 is 0 Å². The Hall–Kier alpha value is -2.81. The van der Waals surface area contributed by atoms with Gasteiger partial charge in [-0.2, -0.15) is 0 Å². The number of hydrogen-bond acceptors (Lipinski definition) is 1. The predicted octanol–water partition coefficient (Wildman–Crippen LogP) is 1.01. The number of aromatic nitrogens is 2. The second-order valence-electron chi connectivity index (χ2n) is 5.72.